The number of anilines is 1. The molecule has 0 saturated carbocycles. The molecular formula is C22H26FN3O2. The lowest BCUT2D eigenvalue weighted by Crippen LogP contribution is -2.41. The van der Waals surface area contributed by atoms with Crippen molar-refractivity contribution in [3.63, 3.8) is 0 Å². The van der Waals surface area contributed by atoms with Gasteiger partial charge in [-0.05, 0) is 43.6 Å². The van der Waals surface area contributed by atoms with Crippen LogP contribution in [0.5, 0.6) is 0 Å². The molecule has 0 aliphatic carbocycles. The van der Waals surface area contributed by atoms with E-state index in [4.69, 9.17) is 0 Å². The molecule has 0 atom stereocenters. The number of piperidine rings is 1. The van der Waals surface area contributed by atoms with Crippen LogP contribution in [0.3, 0.4) is 0 Å². The normalized spacial score (nSPS) is 15.2. The van der Waals surface area contributed by atoms with Crippen LogP contribution in [0.4, 0.5) is 10.1 Å². The van der Waals surface area contributed by atoms with E-state index in [-0.39, 0.29) is 23.4 Å². The molecule has 5 nitrogen and oxygen atoms in total. The summed E-state index contributed by atoms with van der Waals surface area (Å²) in [4.78, 5) is 26.6. The van der Waals surface area contributed by atoms with E-state index in [1.165, 1.54) is 6.07 Å². The van der Waals surface area contributed by atoms with Crippen molar-refractivity contribution in [3.8, 4) is 0 Å². The fourth-order valence-corrected chi connectivity index (χ4v) is 3.38. The minimum Gasteiger partial charge on any atom is -0.352 e. The number of para-hydroxylation sites is 1. The van der Waals surface area contributed by atoms with Gasteiger partial charge >= 0.3 is 0 Å². The second-order valence-corrected chi connectivity index (χ2v) is 7.10. The second kappa shape index (κ2) is 9.99. The second-order valence-electron chi connectivity index (χ2n) is 7.10. The van der Waals surface area contributed by atoms with E-state index in [1.807, 2.05) is 30.3 Å². The third kappa shape index (κ3) is 5.89. The molecule has 2 amide bonds. The van der Waals surface area contributed by atoms with Gasteiger partial charge in [-0.1, -0.05) is 42.5 Å². The van der Waals surface area contributed by atoms with Gasteiger partial charge in [-0.3, -0.25) is 9.59 Å². The summed E-state index contributed by atoms with van der Waals surface area (Å²) in [5.41, 5.74) is 1.30. The Labute approximate surface area is 164 Å². The van der Waals surface area contributed by atoms with Crippen LogP contribution < -0.4 is 10.6 Å². The maximum absolute atomic E-state index is 13.6. The van der Waals surface area contributed by atoms with Crippen LogP contribution in [-0.4, -0.2) is 36.3 Å². The van der Waals surface area contributed by atoms with Crippen molar-refractivity contribution in [3.05, 3.63) is 66.0 Å². The van der Waals surface area contributed by atoms with Gasteiger partial charge in [0, 0.05) is 25.4 Å². The predicted octanol–water partition coefficient (Wildman–Crippen LogP) is 3.18. The molecule has 2 aromatic carbocycles. The van der Waals surface area contributed by atoms with Crippen LogP contribution in [-0.2, 0) is 16.1 Å². The Balaban J connectivity index is 1.35. The minimum absolute atomic E-state index is 0.0206. The predicted molar refractivity (Wildman–Crippen MR) is 107 cm³/mol. The van der Waals surface area contributed by atoms with Crippen molar-refractivity contribution in [2.24, 2.45) is 5.92 Å². The minimum atomic E-state index is -0.432. The van der Waals surface area contributed by atoms with E-state index in [0.29, 0.717) is 19.5 Å². The van der Waals surface area contributed by atoms with E-state index in [1.54, 1.807) is 18.2 Å². The molecule has 1 heterocycles. The van der Waals surface area contributed by atoms with Gasteiger partial charge in [0.1, 0.15) is 5.82 Å². The topological polar surface area (TPSA) is 61.4 Å². The zero-order valence-electron chi connectivity index (χ0n) is 15.9. The number of rotatable bonds is 7. The monoisotopic (exact) mass is 383 g/mol. The SMILES string of the molecule is O=C(CCN1CCC(C(=O)NCc2ccccc2)CC1)Nc1ccccc1F. The zero-order valence-corrected chi connectivity index (χ0v) is 15.9. The van der Waals surface area contributed by atoms with Crippen molar-refractivity contribution >= 4 is 17.5 Å². The molecule has 0 radical (unpaired) electrons. The van der Waals surface area contributed by atoms with Gasteiger partial charge in [0.15, 0.2) is 0 Å². The summed E-state index contributed by atoms with van der Waals surface area (Å²) in [7, 11) is 0. The van der Waals surface area contributed by atoms with Gasteiger partial charge in [-0.15, -0.1) is 0 Å². The van der Waals surface area contributed by atoms with Crippen LogP contribution in [0.15, 0.2) is 54.6 Å². The van der Waals surface area contributed by atoms with Crippen molar-refractivity contribution in [2.75, 3.05) is 25.0 Å². The van der Waals surface area contributed by atoms with E-state index in [2.05, 4.69) is 15.5 Å². The van der Waals surface area contributed by atoms with Gasteiger partial charge in [0.05, 0.1) is 5.69 Å². The lowest BCUT2D eigenvalue weighted by molar-refractivity contribution is -0.126. The van der Waals surface area contributed by atoms with Crippen molar-refractivity contribution in [2.45, 2.75) is 25.8 Å². The fraction of sp³-hybridized carbons (Fsp3) is 0.364. The maximum Gasteiger partial charge on any atom is 0.225 e. The number of carbonyl (C=O) groups is 2. The first-order valence-corrected chi connectivity index (χ1v) is 9.70. The molecule has 28 heavy (non-hydrogen) atoms. The summed E-state index contributed by atoms with van der Waals surface area (Å²) in [5, 5.41) is 5.61. The van der Waals surface area contributed by atoms with Gasteiger partial charge < -0.3 is 15.5 Å². The van der Waals surface area contributed by atoms with Gasteiger partial charge in [-0.2, -0.15) is 0 Å². The van der Waals surface area contributed by atoms with Crippen LogP contribution >= 0.6 is 0 Å². The first kappa shape index (κ1) is 20.0. The number of benzene rings is 2. The number of likely N-dealkylation sites (tertiary alicyclic amines) is 1. The highest BCUT2D eigenvalue weighted by atomic mass is 19.1. The summed E-state index contributed by atoms with van der Waals surface area (Å²) in [6.07, 6.45) is 1.88. The molecule has 1 aliphatic heterocycles. The highest BCUT2D eigenvalue weighted by molar-refractivity contribution is 5.90. The lowest BCUT2D eigenvalue weighted by Gasteiger charge is -2.31. The number of hydrogen-bond donors (Lipinski definition) is 2. The van der Waals surface area contributed by atoms with Crippen LogP contribution in [0, 0.1) is 11.7 Å². The van der Waals surface area contributed by atoms with Crippen LogP contribution in [0.25, 0.3) is 0 Å². The Morgan fingerprint density at radius 3 is 2.39 bits per heavy atom. The zero-order chi connectivity index (χ0) is 19.8. The first-order valence-electron chi connectivity index (χ1n) is 9.70. The molecule has 1 saturated heterocycles. The fourth-order valence-electron chi connectivity index (χ4n) is 3.38. The Kier molecular flexibility index (Phi) is 7.14. The highest BCUT2D eigenvalue weighted by Gasteiger charge is 2.25. The Hall–Kier alpha value is -2.73. The summed E-state index contributed by atoms with van der Waals surface area (Å²) >= 11 is 0. The summed E-state index contributed by atoms with van der Waals surface area (Å²) < 4.78 is 13.6. The van der Waals surface area contributed by atoms with E-state index in [0.717, 1.165) is 31.5 Å². The summed E-state index contributed by atoms with van der Waals surface area (Å²) in [5.74, 6) is -0.515. The summed E-state index contributed by atoms with van der Waals surface area (Å²) in [6.45, 7) is 2.74. The Bertz CT molecular complexity index is 789. The number of amides is 2. The third-order valence-corrected chi connectivity index (χ3v) is 5.07. The van der Waals surface area contributed by atoms with E-state index < -0.39 is 5.82 Å². The molecule has 0 unspecified atom stereocenters. The molecule has 0 bridgehead atoms. The van der Waals surface area contributed by atoms with E-state index in [9.17, 15) is 14.0 Å². The molecule has 3 rings (SSSR count). The third-order valence-electron chi connectivity index (χ3n) is 5.07. The van der Waals surface area contributed by atoms with Gasteiger partial charge in [-0.25, -0.2) is 4.39 Å². The standard InChI is InChI=1S/C22H26FN3O2/c23-19-8-4-5-9-20(19)25-21(27)12-15-26-13-10-18(11-14-26)22(28)24-16-17-6-2-1-3-7-17/h1-9,18H,10-16H2,(H,24,28)(H,25,27). The van der Waals surface area contributed by atoms with Crippen molar-refractivity contribution < 1.29 is 14.0 Å². The largest absolute Gasteiger partial charge is 0.352 e. The van der Waals surface area contributed by atoms with Gasteiger partial charge in [0.2, 0.25) is 11.8 Å². The van der Waals surface area contributed by atoms with Crippen LogP contribution in [0.2, 0.25) is 0 Å². The Morgan fingerprint density at radius 1 is 1.00 bits per heavy atom. The first-order chi connectivity index (χ1) is 13.6. The number of hydrogen-bond acceptors (Lipinski definition) is 3. The van der Waals surface area contributed by atoms with E-state index >= 15 is 0 Å². The van der Waals surface area contributed by atoms with Crippen molar-refractivity contribution in [1.29, 1.82) is 0 Å². The Morgan fingerprint density at radius 2 is 1.68 bits per heavy atom. The molecule has 2 aromatic rings. The number of carbonyl (C=O) groups excluding carboxylic acids is 2. The van der Waals surface area contributed by atoms with Crippen LogP contribution in [0.1, 0.15) is 24.8 Å². The smallest absolute Gasteiger partial charge is 0.225 e. The van der Waals surface area contributed by atoms with Gasteiger partial charge in [0.25, 0.3) is 0 Å². The summed E-state index contributed by atoms with van der Waals surface area (Å²) in [6, 6.07) is 16.0. The molecule has 2 N–H and O–H groups in total. The average Bonchev–Trinajstić information content (AvgIpc) is 2.73. The highest BCUT2D eigenvalue weighted by Crippen LogP contribution is 2.18. The molecule has 148 valence electrons. The number of nitrogens with zero attached hydrogens (tertiary/aromatic N) is 1. The lowest BCUT2D eigenvalue weighted by atomic mass is 9.95. The molecule has 1 aliphatic rings. The quantitative estimate of drug-likeness (QED) is 0.772. The molecule has 6 heteroatoms. The maximum atomic E-state index is 13.6. The van der Waals surface area contributed by atoms with Crippen molar-refractivity contribution in [1.82, 2.24) is 10.2 Å². The molecule has 1 fully saturated rings. The number of halogens is 1. The molecule has 0 aromatic heterocycles. The molecular weight excluding hydrogens is 357 g/mol. The number of nitrogens with one attached hydrogen (secondary N) is 2. The average molecular weight is 383 g/mol. The molecule has 0 spiro atoms.